The standard InChI is InChI=1S/C31H28N4O4/c1-19-14-16-22(17-15-19)27-18-25(24-12-8-9-13-26(24)32-27)31(38)39-21(3)29(36)33-28-20(2)34(4)35(30(28)37)23-10-6-5-7-11-23/h5-18,21H,1-4H3,(H,33,36). The smallest absolute Gasteiger partial charge is 0.339 e. The summed E-state index contributed by atoms with van der Waals surface area (Å²) in [6.45, 7) is 5.22. The number of pyridine rings is 1. The lowest BCUT2D eigenvalue weighted by Gasteiger charge is -2.15. The molecule has 1 unspecified atom stereocenters. The maximum Gasteiger partial charge on any atom is 0.339 e. The summed E-state index contributed by atoms with van der Waals surface area (Å²) in [7, 11) is 1.74. The van der Waals surface area contributed by atoms with Crippen molar-refractivity contribution in [3.63, 3.8) is 0 Å². The van der Waals surface area contributed by atoms with E-state index in [1.165, 1.54) is 11.6 Å². The van der Waals surface area contributed by atoms with Crippen LogP contribution in [0.15, 0.2) is 89.7 Å². The number of hydrogen-bond acceptors (Lipinski definition) is 5. The number of aromatic nitrogens is 3. The maximum atomic E-state index is 13.3. The van der Waals surface area contributed by atoms with Gasteiger partial charge >= 0.3 is 5.97 Å². The predicted molar refractivity (Wildman–Crippen MR) is 151 cm³/mol. The molecule has 0 fully saturated rings. The summed E-state index contributed by atoms with van der Waals surface area (Å²) >= 11 is 0. The molecule has 196 valence electrons. The van der Waals surface area contributed by atoms with Crippen LogP contribution in [0.1, 0.15) is 28.5 Å². The number of fused-ring (bicyclic) bond motifs is 1. The minimum absolute atomic E-state index is 0.130. The van der Waals surface area contributed by atoms with E-state index in [0.29, 0.717) is 33.5 Å². The first-order valence-corrected chi connectivity index (χ1v) is 12.6. The van der Waals surface area contributed by atoms with Crippen molar-refractivity contribution in [1.82, 2.24) is 14.3 Å². The number of nitrogens with one attached hydrogen (secondary N) is 1. The SMILES string of the molecule is Cc1ccc(-c2cc(C(=O)OC(C)C(=O)Nc3c(C)n(C)n(-c4ccccc4)c3=O)c3ccccc3n2)cc1. The van der Waals surface area contributed by atoms with E-state index in [0.717, 1.165) is 11.1 Å². The Morgan fingerprint density at radius 1 is 0.923 bits per heavy atom. The highest BCUT2D eigenvalue weighted by atomic mass is 16.5. The molecular formula is C31H28N4O4. The molecule has 1 amide bonds. The van der Waals surface area contributed by atoms with Gasteiger partial charge in [0, 0.05) is 18.0 Å². The molecule has 8 nitrogen and oxygen atoms in total. The summed E-state index contributed by atoms with van der Waals surface area (Å²) in [6, 6.07) is 26.0. The normalized spacial score (nSPS) is 11.8. The average molecular weight is 521 g/mol. The zero-order valence-electron chi connectivity index (χ0n) is 22.1. The van der Waals surface area contributed by atoms with Crippen molar-refractivity contribution in [2.24, 2.45) is 7.05 Å². The summed E-state index contributed by atoms with van der Waals surface area (Å²) in [5.41, 5.74) is 4.53. The highest BCUT2D eigenvalue weighted by Crippen LogP contribution is 2.26. The monoisotopic (exact) mass is 520 g/mol. The van der Waals surface area contributed by atoms with E-state index >= 15 is 0 Å². The van der Waals surface area contributed by atoms with E-state index < -0.39 is 18.0 Å². The number of para-hydroxylation sites is 2. The number of nitrogens with zero attached hydrogens (tertiary/aromatic N) is 3. The Labute approximate surface area is 225 Å². The van der Waals surface area contributed by atoms with Crippen LogP contribution >= 0.6 is 0 Å². The van der Waals surface area contributed by atoms with Gasteiger partial charge in [-0.3, -0.25) is 14.3 Å². The molecule has 1 atom stereocenters. The molecule has 2 aromatic heterocycles. The van der Waals surface area contributed by atoms with Crippen molar-refractivity contribution in [2.45, 2.75) is 26.9 Å². The molecule has 3 aromatic carbocycles. The molecule has 0 aliphatic heterocycles. The van der Waals surface area contributed by atoms with Crippen LogP contribution in [0.2, 0.25) is 0 Å². The van der Waals surface area contributed by atoms with E-state index in [1.807, 2.05) is 67.6 Å². The van der Waals surface area contributed by atoms with E-state index in [2.05, 4.69) is 5.32 Å². The zero-order chi connectivity index (χ0) is 27.7. The molecule has 1 N–H and O–H groups in total. The van der Waals surface area contributed by atoms with Gasteiger partial charge in [-0.25, -0.2) is 14.5 Å². The zero-order valence-corrected chi connectivity index (χ0v) is 22.1. The molecule has 5 aromatic rings. The van der Waals surface area contributed by atoms with Crippen LogP contribution in [0.3, 0.4) is 0 Å². The number of anilines is 1. The summed E-state index contributed by atoms with van der Waals surface area (Å²) in [5, 5.41) is 3.28. The van der Waals surface area contributed by atoms with Crippen molar-refractivity contribution >= 4 is 28.5 Å². The number of amides is 1. The number of benzene rings is 3. The van der Waals surface area contributed by atoms with Gasteiger partial charge in [0.1, 0.15) is 5.69 Å². The lowest BCUT2D eigenvalue weighted by atomic mass is 10.0. The Bertz CT molecular complexity index is 1750. The third-order valence-corrected chi connectivity index (χ3v) is 6.74. The van der Waals surface area contributed by atoms with E-state index in [9.17, 15) is 14.4 Å². The van der Waals surface area contributed by atoms with Crippen molar-refractivity contribution in [1.29, 1.82) is 0 Å². The van der Waals surface area contributed by atoms with Gasteiger partial charge in [0.25, 0.3) is 11.5 Å². The highest BCUT2D eigenvalue weighted by Gasteiger charge is 2.25. The molecule has 2 heterocycles. The highest BCUT2D eigenvalue weighted by molar-refractivity contribution is 6.06. The molecule has 5 rings (SSSR count). The quantitative estimate of drug-likeness (QED) is 0.311. The molecule has 0 saturated carbocycles. The third-order valence-electron chi connectivity index (χ3n) is 6.74. The van der Waals surface area contributed by atoms with Gasteiger partial charge in [-0.15, -0.1) is 0 Å². The first kappa shape index (κ1) is 25.7. The second-order valence-corrected chi connectivity index (χ2v) is 9.41. The molecule has 0 aliphatic carbocycles. The van der Waals surface area contributed by atoms with Gasteiger partial charge < -0.3 is 10.1 Å². The Kier molecular flexibility index (Phi) is 6.85. The molecular weight excluding hydrogens is 492 g/mol. The largest absolute Gasteiger partial charge is 0.449 e. The van der Waals surface area contributed by atoms with Gasteiger partial charge in [-0.2, -0.15) is 0 Å². The fraction of sp³-hybridized carbons (Fsp3) is 0.161. The van der Waals surface area contributed by atoms with E-state index in [1.54, 1.807) is 42.9 Å². The molecule has 39 heavy (non-hydrogen) atoms. The minimum atomic E-state index is -1.16. The Morgan fingerprint density at radius 3 is 2.31 bits per heavy atom. The maximum absolute atomic E-state index is 13.3. The van der Waals surface area contributed by atoms with Crippen molar-refractivity contribution in [2.75, 3.05) is 5.32 Å². The minimum Gasteiger partial charge on any atom is -0.449 e. The van der Waals surface area contributed by atoms with Gasteiger partial charge in [-0.05, 0) is 45.0 Å². The Hall–Kier alpha value is -4.98. The predicted octanol–water partition coefficient (Wildman–Crippen LogP) is 5.19. The van der Waals surface area contributed by atoms with Crippen LogP contribution < -0.4 is 10.9 Å². The number of carbonyl (C=O) groups excluding carboxylic acids is 2. The van der Waals surface area contributed by atoms with E-state index in [-0.39, 0.29) is 11.2 Å². The number of hydrogen-bond donors (Lipinski definition) is 1. The van der Waals surface area contributed by atoms with Crippen molar-refractivity contribution < 1.29 is 14.3 Å². The summed E-state index contributed by atoms with van der Waals surface area (Å²) < 4.78 is 8.73. The number of aryl methyl sites for hydroxylation is 1. The Balaban J connectivity index is 1.41. The average Bonchev–Trinajstić information content (AvgIpc) is 3.15. The van der Waals surface area contributed by atoms with Gasteiger partial charge in [-0.1, -0.05) is 66.2 Å². The second kappa shape index (κ2) is 10.4. The summed E-state index contributed by atoms with van der Waals surface area (Å²) in [4.78, 5) is 44.3. The lowest BCUT2D eigenvalue weighted by Crippen LogP contribution is -2.32. The Morgan fingerprint density at radius 2 is 1.59 bits per heavy atom. The number of carbonyl (C=O) groups is 2. The van der Waals surface area contributed by atoms with Gasteiger partial charge in [0.15, 0.2) is 6.10 Å². The number of esters is 1. The van der Waals surface area contributed by atoms with Crippen LogP contribution in [-0.2, 0) is 16.6 Å². The molecule has 0 spiro atoms. The van der Waals surface area contributed by atoms with E-state index in [4.69, 9.17) is 9.72 Å². The van der Waals surface area contributed by atoms with Crippen LogP contribution in [0.5, 0.6) is 0 Å². The van der Waals surface area contributed by atoms with Crippen LogP contribution in [0, 0.1) is 13.8 Å². The molecule has 0 saturated heterocycles. The first-order chi connectivity index (χ1) is 18.7. The molecule has 8 heteroatoms. The lowest BCUT2D eigenvalue weighted by molar-refractivity contribution is -0.123. The van der Waals surface area contributed by atoms with Crippen LogP contribution in [0.4, 0.5) is 5.69 Å². The second-order valence-electron chi connectivity index (χ2n) is 9.41. The van der Waals surface area contributed by atoms with Crippen molar-refractivity contribution in [3.05, 3.63) is 112 Å². The summed E-state index contributed by atoms with van der Waals surface area (Å²) in [6.07, 6.45) is -1.16. The van der Waals surface area contributed by atoms with Crippen LogP contribution in [0.25, 0.3) is 27.8 Å². The fourth-order valence-corrected chi connectivity index (χ4v) is 4.43. The summed E-state index contributed by atoms with van der Waals surface area (Å²) in [5.74, 6) is -1.26. The number of ether oxygens (including phenoxy) is 1. The molecule has 0 radical (unpaired) electrons. The van der Waals surface area contributed by atoms with Gasteiger partial charge in [0.05, 0.1) is 28.2 Å². The first-order valence-electron chi connectivity index (χ1n) is 12.6. The fourth-order valence-electron chi connectivity index (χ4n) is 4.43. The number of rotatable bonds is 6. The molecule has 0 aliphatic rings. The third kappa shape index (κ3) is 4.96. The van der Waals surface area contributed by atoms with Crippen molar-refractivity contribution in [3.8, 4) is 16.9 Å². The molecule has 0 bridgehead atoms. The van der Waals surface area contributed by atoms with Crippen LogP contribution in [-0.4, -0.2) is 32.3 Å². The topological polar surface area (TPSA) is 95.2 Å². The van der Waals surface area contributed by atoms with Gasteiger partial charge in [0.2, 0.25) is 0 Å².